The molecule has 0 aliphatic heterocycles. The summed E-state index contributed by atoms with van der Waals surface area (Å²) in [5.41, 5.74) is 0. The van der Waals surface area contributed by atoms with E-state index in [4.69, 9.17) is 4.55 Å². The SMILES string of the molecule is CCCCCCCCCCCCCOS(=O)(=O)O. The van der Waals surface area contributed by atoms with Gasteiger partial charge < -0.3 is 0 Å². The molecule has 4 nitrogen and oxygen atoms in total. The second-order valence-electron chi connectivity index (χ2n) is 4.79. The summed E-state index contributed by atoms with van der Waals surface area (Å²) in [7, 11) is -4.24. The minimum atomic E-state index is -4.24. The van der Waals surface area contributed by atoms with Crippen LogP contribution < -0.4 is 0 Å². The third kappa shape index (κ3) is 15.9. The quantitative estimate of drug-likeness (QED) is 0.407. The highest BCUT2D eigenvalue weighted by atomic mass is 32.3. The fraction of sp³-hybridized carbons (Fsp3) is 1.00. The van der Waals surface area contributed by atoms with Crippen molar-refractivity contribution in [3.05, 3.63) is 0 Å². The second kappa shape index (κ2) is 11.9. The lowest BCUT2D eigenvalue weighted by molar-refractivity contribution is 0.261. The summed E-state index contributed by atoms with van der Waals surface area (Å²) in [6, 6.07) is 0. The van der Waals surface area contributed by atoms with Gasteiger partial charge in [-0.05, 0) is 6.42 Å². The van der Waals surface area contributed by atoms with Crippen LogP contribution in [-0.2, 0) is 14.6 Å². The van der Waals surface area contributed by atoms with Crippen molar-refractivity contribution in [2.75, 3.05) is 6.61 Å². The molecule has 0 bridgehead atoms. The van der Waals surface area contributed by atoms with Gasteiger partial charge >= 0.3 is 10.4 Å². The molecule has 0 saturated carbocycles. The monoisotopic (exact) mass is 280 g/mol. The molecule has 0 aliphatic carbocycles. The van der Waals surface area contributed by atoms with Crippen molar-refractivity contribution in [2.45, 2.75) is 77.6 Å². The third-order valence-electron chi connectivity index (χ3n) is 2.98. The van der Waals surface area contributed by atoms with E-state index in [0.29, 0.717) is 6.42 Å². The Hall–Kier alpha value is -0.130. The first-order valence-corrected chi connectivity index (χ1v) is 8.54. The van der Waals surface area contributed by atoms with Crippen molar-refractivity contribution in [2.24, 2.45) is 0 Å². The molecule has 0 aromatic heterocycles. The van der Waals surface area contributed by atoms with Crippen molar-refractivity contribution in [1.82, 2.24) is 0 Å². The zero-order valence-electron chi connectivity index (χ0n) is 11.6. The predicted molar refractivity (Wildman–Crippen MR) is 74.0 cm³/mol. The summed E-state index contributed by atoms with van der Waals surface area (Å²) in [6.07, 6.45) is 13.3. The smallest absolute Gasteiger partial charge is 0.264 e. The van der Waals surface area contributed by atoms with Gasteiger partial charge in [0.2, 0.25) is 0 Å². The van der Waals surface area contributed by atoms with Gasteiger partial charge in [0.15, 0.2) is 0 Å². The molecule has 0 spiro atoms. The van der Waals surface area contributed by atoms with Crippen LogP contribution in [0.25, 0.3) is 0 Å². The summed E-state index contributed by atoms with van der Waals surface area (Å²) in [5.74, 6) is 0. The van der Waals surface area contributed by atoms with Crippen molar-refractivity contribution < 1.29 is 17.2 Å². The normalized spacial score (nSPS) is 11.9. The summed E-state index contributed by atoms with van der Waals surface area (Å²) < 4.78 is 33.1. The van der Waals surface area contributed by atoms with E-state index in [2.05, 4.69) is 11.1 Å². The molecule has 0 radical (unpaired) electrons. The van der Waals surface area contributed by atoms with Gasteiger partial charge in [-0.3, -0.25) is 4.55 Å². The van der Waals surface area contributed by atoms with Gasteiger partial charge in [-0.25, -0.2) is 4.18 Å². The minimum absolute atomic E-state index is 0.0931. The first kappa shape index (κ1) is 17.9. The van der Waals surface area contributed by atoms with Gasteiger partial charge in [0.25, 0.3) is 0 Å². The molecule has 0 unspecified atom stereocenters. The molecule has 5 heteroatoms. The molecule has 0 aromatic rings. The predicted octanol–water partition coefficient (Wildman–Crippen LogP) is 4.12. The van der Waals surface area contributed by atoms with Crippen LogP contribution in [0.3, 0.4) is 0 Å². The minimum Gasteiger partial charge on any atom is -0.264 e. The Kier molecular flexibility index (Phi) is 11.8. The zero-order chi connectivity index (χ0) is 13.7. The summed E-state index contributed by atoms with van der Waals surface area (Å²) >= 11 is 0. The van der Waals surface area contributed by atoms with E-state index in [0.717, 1.165) is 12.8 Å². The maximum atomic E-state index is 10.2. The summed E-state index contributed by atoms with van der Waals surface area (Å²) in [6.45, 7) is 2.32. The Morgan fingerprint density at radius 1 is 0.778 bits per heavy atom. The number of hydrogen-bond acceptors (Lipinski definition) is 3. The molecule has 0 saturated heterocycles. The van der Waals surface area contributed by atoms with Crippen LogP contribution >= 0.6 is 0 Å². The number of rotatable bonds is 13. The first-order valence-electron chi connectivity index (χ1n) is 7.18. The standard InChI is InChI=1S/C13H28O4S/c1-2-3-4-5-6-7-8-9-10-11-12-13-17-18(14,15)16/h2-13H2,1H3,(H,14,15,16). The van der Waals surface area contributed by atoms with E-state index in [-0.39, 0.29) is 6.61 Å². The molecule has 1 N–H and O–H groups in total. The largest absolute Gasteiger partial charge is 0.397 e. The van der Waals surface area contributed by atoms with Gasteiger partial charge in [0.1, 0.15) is 0 Å². The van der Waals surface area contributed by atoms with Gasteiger partial charge in [0.05, 0.1) is 6.61 Å². The van der Waals surface area contributed by atoms with Gasteiger partial charge in [-0.1, -0.05) is 71.1 Å². The van der Waals surface area contributed by atoms with Crippen molar-refractivity contribution >= 4 is 10.4 Å². The maximum absolute atomic E-state index is 10.2. The van der Waals surface area contributed by atoms with Crippen LogP contribution in [0.2, 0.25) is 0 Å². The van der Waals surface area contributed by atoms with Crippen molar-refractivity contribution in [3.8, 4) is 0 Å². The summed E-state index contributed by atoms with van der Waals surface area (Å²) in [5, 5.41) is 0. The number of unbranched alkanes of at least 4 members (excludes halogenated alkanes) is 10. The van der Waals surface area contributed by atoms with Crippen LogP contribution in [0.1, 0.15) is 77.6 Å². The first-order chi connectivity index (χ1) is 8.56. The molecule has 0 atom stereocenters. The fourth-order valence-electron chi connectivity index (χ4n) is 1.93. The van der Waals surface area contributed by atoms with E-state index in [1.54, 1.807) is 0 Å². The summed E-state index contributed by atoms with van der Waals surface area (Å²) in [4.78, 5) is 0. The van der Waals surface area contributed by atoms with Crippen LogP contribution in [0.15, 0.2) is 0 Å². The molecule has 0 fully saturated rings. The van der Waals surface area contributed by atoms with Gasteiger partial charge in [0, 0.05) is 0 Å². The molecule has 0 heterocycles. The molecular formula is C13H28O4S. The van der Waals surface area contributed by atoms with Crippen LogP contribution in [0.4, 0.5) is 0 Å². The third-order valence-corrected chi connectivity index (χ3v) is 3.44. The van der Waals surface area contributed by atoms with E-state index in [1.807, 2.05) is 0 Å². The molecule has 110 valence electrons. The topological polar surface area (TPSA) is 63.6 Å². The Morgan fingerprint density at radius 3 is 1.56 bits per heavy atom. The van der Waals surface area contributed by atoms with Crippen LogP contribution in [0.5, 0.6) is 0 Å². The average Bonchev–Trinajstić information content (AvgIpc) is 2.29. The lowest BCUT2D eigenvalue weighted by Gasteiger charge is -2.02. The number of hydrogen-bond donors (Lipinski definition) is 1. The van der Waals surface area contributed by atoms with Gasteiger partial charge in [-0.15, -0.1) is 0 Å². The second-order valence-corrected chi connectivity index (χ2v) is 5.88. The molecule has 0 aliphatic rings. The van der Waals surface area contributed by atoms with Crippen molar-refractivity contribution in [3.63, 3.8) is 0 Å². The Bertz CT molecular complexity index is 262. The Balaban J connectivity index is 3.03. The Morgan fingerprint density at radius 2 is 1.17 bits per heavy atom. The van der Waals surface area contributed by atoms with Crippen LogP contribution in [0, 0.1) is 0 Å². The lowest BCUT2D eigenvalue weighted by atomic mass is 10.1. The molecule has 0 amide bonds. The fourth-order valence-corrected chi connectivity index (χ4v) is 2.26. The van der Waals surface area contributed by atoms with Crippen molar-refractivity contribution in [1.29, 1.82) is 0 Å². The Labute approximate surface area is 112 Å². The van der Waals surface area contributed by atoms with Crippen LogP contribution in [-0.4, -0.2) is 19.6 Å². The molecule has 0 rings (SSSR count). The average molecular weight is 280 g/mol. The van der Waals surface area contributed by atoms with E-state index < -0.39 is 10.4 Å². The molecule has 0 aromatic carbocycles. The molecular weight excluding hydrogens is 252 g/mol. The highest BCUT2D eigenvalue weighted by Crippen LogP contribution is 2.11. The maximum Gasteiger partial charge on any atom is 0.397 e. The van der Waals surface area contributed by atoms with E-state index in [9.17, 15) is 8.42 Å². The highest BCUT2D eigenvalue weighted by Gasteiger charge is 2.02. The lowest BCUT2D eigenvalue weighted by Crippen LogP contribution is -2.04. The van der Waals surface area contributed by atoms with E-state index >= 15 is 0 Å². The highest BCUT2D eigenvalue weighted by molar-refractivity contribution is 7.80. The zero-order valence-corrected chi connectivity index (χ0v) is 12.4. The molecule has 18 heavy (non-hydrogen) atoms. The van der Waals surface area contributed by atoms with E-state index in [1.165, 1.54) is 51.4 Å². The van der Waals surface area contributed by atoms with Gasteiger partial charge in [-0.2, -0.15) is 8.42 Å².